The number of nitrogens with zero attached hydrogens (tertiary/aromatic N) is 2. The van der Waals surface area contributed by atoms with E-state index in [4.69, 9.17) is 0 Å². The van der Waals surface area contributed by atoms with Crippen molar-refractivity contribution in [1.29, 1.82) is 0 Å². The Morgan fingerprint density at radius 2 is 1.75 bits per heavy atom. The van der Waals surface area contributed by atoms with Gasteiger partial charge in [0, 0.05) is 25.7 Å². The van der Waals surface area contributed by atoms with Gasteiger partial charge in [-0.15, -0.1) is 0 Å². The Hall–Kier alpha value is -0.960. The summed E-state index contributed by atoms with van der Waals surface area (Å²) in [7, 11) is -6.61. The Morgan fingerprint density at radius 3 is 2.38 bits per heavy atom. The molecular formula is C16H24N2O4S2. The first-order valence-corrected chi connectivity index (χ1v) is 11.7. The van der Waals surface area contributed by atoms with Crippen LogP contribution in [0.3, 0.4) is 0 Å². The first kappa shape index (κ1) is 17.8. The lowest BCUT2D eigenvalue weighted by molar-refractivity contribution is 0.0895. The highest BCUT2D eigenvalue weighted by molar-refractivity contribution is 7.92. The molecule has 1 aromatic rings. The van der Waals surface area contributed by atoms with E-state index in [0.717, 1.165) is 11.8 Å². The fraction of sp³-hybridized carbons (Fsp3) is 0.625. The second kappa shape index (κ2) is 6.09. The van der Waals surface area contributed by atoms with Crippen LogP contribution in [0.4, 0.5) is 0 Å². The zero-order chi connectivity index (χ0) is 17.7. The lowest BCUT2D eigenvalue weighted by atomic mass is 10.0. The number of sulfonamides is 1. The second-order valence-electron chi connectivity index (χ2n) is 6.97. The summed E-state index contributed by atoms with van der Waals surface area (Å²) in [5, 5.41) is 0. The van der Waals surface area contributed by atoms with E-state index in [1.54, 1.807) is 0 Å². The number of hydrogen-bond donors (Lipinski definition) is 0. The van der Waals surface area contributed by atoms with Crippen LogP contribution in [0.15, 0.2) is 18.2 Å². The largest absolute Gasteiger partial charge is 0.292 e. The number of hydrogen-bond acceptors (Lipinski definition) is 5. The summed E-state index contributed by atoms with van der Waals surface area (Å²) in [5.41, 5.74) is 3.56. The Morgan fingerprint density at radius 1 is 1.08 bits per heavy atom. The van der Waals surface area contributed by atoms with Gasteiger partial charge in [-0.1, -0.05) is 18.2 Å². The fourth-order valence-electron chi connectivity index (χ4n) is 3.74. The third kappa shape index (κ3) is 3.51. The molecule has 24 heavy (non-hydrogen) atoms. The van der Waals surface area contributed by atoms with Crippen LogP contribution >= 0.6 is 0 Å². The number of fused-ring (bicyclic) bond motifs is 1. The summed E-state index contributed by atoms with van der Waals surface area (Å²) in [6.45, 7) is 5.67. The molecule has 2 aliphatic rings. The molecule has 2 fully saturated rings. The molecule has 6 nitrogen and oxygen atoms in total. The van der Waals surface area contributed by atoms with Gasteiger partial charge in [0.2, 0.25) is 10.0 Å². The molecule has 8 heteroatoms. The third-order valence-electron chi connectivity index (χ3n) is 5.12. The van der Waals surface area contributed by atoms with E-state index < -0.39 is 25.9 Å². The maximum atomic E-state index is 12.1. The lowest BCUT2D eigenvalue weighted by Gasteiger charge is -2.42. The van der Waals surface area contributed by atoms with Gasteiger partial charge >= 0.3 is 0 Å². The molecule has 0 unspecified atom stereocenters. The number of sulfone groups is 1. The predicted molar refractivity (Wildman–Crippen MR) is 94.1 cm³/mol. The minimum absolute atomic E-state index is 0.0362. The molecule has 0 bridgehead atoms. The average Bonchev–Trinajstić information content (AvgIpc) is 2.77. The summed E-state index contributed by atoms with van der Waals surface area (Å²) in [4.78, 5) is 2.13. The lowest BCUT2D eigenvalue weighted by Crippen LogP contribution is -2.59. The fourth-order valence-corrected chi connectivity index (χ4v) is 6.96. The monoisotopic (exact) mass is 372 g/mol. The van der Waals surface area contributed by atoms with Gasteiger partial charge in [-0.05, 0) is 30.5 Å². The van der Waals surface area contributed by atoms with Gasteiger partial charge in [0.25, 0.3) is 0 Å². The first-order chi connectivity index (χ1) is 11.1. The summed E-state index contributed by atoms with van der Waals surface area (Å²) < 4.78 is 49.6. The van der Waals surface area contributed by atoms with Crippen molar-refractivity contribution in [3.05, 3.63) is 34.9 Å². The molecular weight excluding hydrogens is 348 g/mol. The normalized spacial score (nSPS) is 28.0. The maximum Gasteiger partial charge on any atom is 0.211 e. The minimum atomic E-state index is -3.40. The highest BCUT2D eigenvalue weighted by Gasteiger charge is 2.49. The van der Waals surface area contributed by atoms with Crippen molar-refractivity contribution >= 4 is 19.9 Å². The Balaban J connectivity index is 1.87. The Bertz CT molecular complexity index is 849. The average molecular weight is 373 g/mol. The van der Waals surface area contributed by atoms with Crippen LogP contribution in [0, 0.1) is 13.8 Å². The smallest absolute Gasteiger partial charge is 0.211 e. The molecule has 0 amide bonds. The minimum Gasteiger partial charge on any atom is -0.292 e. The van der Waals surface area contributed by atoms with E-state index >= 15 is 0 Å². The summed E-state index contributed by atoms with van der Waals surface area (Å²) >= 11 is 0. The van der Waals surface area contributed by atoms with Gasteiger partial charge in [-0.25, -0.2) is 16.8 Å². The molecule has 0 N–H and O–H groups in total. The maximum absolute atomic E-state index is 12.1. The van der Waals surface area contributed by atoms with Crippen LogP contribution in [0.5, 0.6) is 0 Å². The van der Waals surface area contributed by atoms with E-state index in [1.165, 1.54) is 15.4 Å². The molecule has 2 aliphatic heterocycles. The van der Waals surface area contributed by atoms with Crippen molar-refractivity contribution in [2.75, 3.05) is 30.9 Å². The Labute approximate surface area is 144 Å². The molecule has 0 spiro atoms. The predicted octanol–water partition coefficient (Wildman–Crippen LogP) is 0.546. The van der Waals surface area contributed by atoms with E-state index in [0.29, 0.717) is 19.6 Å². The number of rotatable bonds is 3. The van der Waals surface area contributed by atoms with Gasteiger partial charge in [0.15, 0.2) is 9.84 Å². The Kier molecular flexibility index (Phi) is 4.53. The molecule has 134 valence electrons. The number of benzene rings is 1. The van der Waals surface area contributed by atoms with Crippen LogP contribution < -0.4 is 0 Å². The molecule has 1 aromatic carbocycles. The summed E-state index contributed by atoms with van der Waals surface area (Å²) in [6.07, 6.45) is 1.16. The van der Waals surface area contributed by atoms with Crippen LogP contribution in [0.25, 0.3) is 0 Å². The molecule has 2 saturated heterocycles. The highest BCUT2D eigenvalue weighted by atomic mass is 32.2. The van der Waals surface area contributed by atoms with Crippen LogP contribution in [-0.4, -0.2) is 69.0 Å². The van der Waals surface area contributed by atoms with Crippen molar-refractivity contribution < 1.29 is 16.8 Å². The molecule has 3 rings (SSSR count). The SMILES string of the molecule is Cc1ccc(CN2CCN(S(C)(=O)=O)[C@H]3CS(=O)(=O)C[C@H]32)cc1C. The molecule has 0 aromatic heterocycles. The highest BCUT2D eigenvalue weighted by Crippen LogP contribution is 2.29. The topological polar surface area (TPSA) is 74.8 Å². The zero-order valence-corrected chi connectivity index (χ0v) is 15.9. The van der Waals surface area contributed by atoms with Crippen LogP contribution in [0.2, 0.25) is 0 Å². The standard InChI is InChI=1S/C16H24N2O4S2/c1-12-4-5-14(8-13(12)2)9-17-6-7-18(23(3,19)20)16-11-24(21,22)10-15(16)17/h4-5,8,15-16H,6-7,9-11H2,1-3H3/t15-,16+/m1/s1. The van der Waals surface area contributed by atoms with Crippen molar-refractivity contribution in [1.82, 2.24) is 9.21 Å². The van der Waals surface area contributed by atoms with Crippen LogP contribution in [0.1, 0.15) is 16.7 Å². The van der Waals surface area contributed by atoms with E-state index in [9.17, 15) is 16.8 Å². The first-order valence-electron chi connectivity index (χ1n) is 8.04. The molecule has 2 atom stereocenters. The van der Waals surface area contributed by atoms with Crippen molar-refractivity contribution in [3.63, 3.8) is 0 Å². The zero-order valence-electron chi connectivity index (χ0n) is 14.3. The van der Waals surface area contributed by atoms with E-state index in [2.05, 4.69) is 36.9 Å². The molecule has 0 radical (unpaired) electrons. The molecule has 2 heterocycles. The van der Waals surface area contributed by atoms with Gasteiger partial charge < -0.3 is 0 Å². The van der Waals surface area contributed by atoms with Crippen molar-refractivity contribution in [3.8, 4) is 0 Å². The van der Waals surface area contributed by atoms with E-state index in [1.807, 2.05) is 0 Å². The van der Waals surface area contributed by atoms with Crippen molar-refractivity contribution in [2.24, 2.45) is 0 Å². The van der Waals surface area contributed by atoms with Crippen molar-refractivity contribution in [2.45, 2.75) is 32.5 Å². The summed E-state index contributed by atoms with van der Waals surface area (Å²) in [6, 6.07) is 5.52. The summed E-state index contributed by atoms with van der Waals surface area (Å²) in [5.74, 6) is -0.0390. The van der Waals surface area contributed by atoms with Gasteiger partial charge in [-0.3, -0.25) is 4.90 Å². The van der Waals surface area contributed by atoms with E-state index in [-0.39, 0.29) is 17.5 Å². The third-order valence-corrected chi connectivity index (χ3v) is 8.13. The van der Waals surface area contributed by atoms with Crippen LogP contribution in [-0.2, 0) is 26.4 Å². The van der Waals surface area contributed by atoms with Gasteiger partial charge in [0.1, 0.15) is 0 Å². The molecule has 0 saturated carbocycles. The number of piperazine rings is 1. The second-order valence-corrected chi connectivity index (χ2v) is 11.1. The molecule has 0 aliphatic carbocycles. The van der Waals surface area contributed by atoms with Gasteiger partial charge in [0.05, 0.1) is 23.8 Å². The quantitative estimate of drug-likeness (QED) is 0.774. The number of aryl methyl sites for hydroxylation is 2. The van der Waals surface area contributed by atoms with Gasteiger partial charge in [-0.2, -0.15) is 4.31 Å².